The van der Waals surface area contributed by atoms with Crippen molar-refractivity contribution in [1.82, 2.24) is 9.62 Å². The van der Waals surface area contributed by atoms with Crippen LogP contribution in [0.3, 0.4) is 0 Å². The summed E-state index contributed by atoms with van der Waals surface area (Å²) in [6.07, 6.45) is 1.27. The summed E-state index contributed by atoms with van der Waals surface area (Å²) >= 11 is 0. The van der Waals surface area contributed by atoms with Crippen molar-refractivity contribution in [3.8, 4) is 0 Å². The first-order valence-corrected chi connectivity index (χ1v) is 7.81. The van der Waals surface area contributed by atoms with Crippen molar-refractivity contribution in [2.75, 3.05) is 13.3 Å². The Morgan fingerprint density at radius 3 is 2.05 bits per heavy atom. The minimum absolute atomic E-state index is 0.0942. The van der Waals surface area contributed by atoms with E-state index in [1.54, 1.807) is 0 Å². The molecule has 0 saturated heterocycles. The van der Waals surface area contributed by atoms with Crippen LogP contribution in [0, 0.1) is 5.92 Å². The normalized spacial score (nSPS) is 15.1. The molecule has 0 aromatic carbocycles. The maximum absolute atomic E-state index is 12.1. The van der Waals surface area contributed by atoms with Crippen LogP contribution in [0.15, 0.2) is 0 Å². The first-order valence-electron chi connectivity index (χ1n) is 5.92. The molecule has 1 amide bonds. The molecular formula is C11H22N2O5S. The van der Waals surface area contributed by atoms with E-state index >= 15 is 0 Å². The van der Waals surface area contributed by atoms with Gasteiger partial charge >= 0.3 is 5.97 Å². The van der Waals surface area contributed by atoms with Crippen LogP contribution < -0.4 is 4.72 Å². The zero-order chi connectivity index (χ0) is 15.4. The lowest BCUT2D eigenvalue weighted by atomic mass is 10.0. The Hall–Kier alpha value is -1.15. The maximum atomic E-state index is 12.1. The van der Waals surface area contributed by atoms with E-state index in [1.165, 1.54) is 14.0 Å². The molecule has 2 N–H and O–H groups in total. The molecule has 0 aliphatic carbocycles. The fraction of sp³-hybridized carbons (Fsp3) is 0.818. The van der Waals surface area contributed by atoms with Crippen LogP contribution in [-0.4, -0.2) is 55.7 Å². The first kappa shape index (κ1) is 17.8. The van der Waals surface area contributed by atoms with Gasteiger partial charge in [-0.2, -0.15) is 0 Å². The van der Waals surface area contributed by atoms with Crippen LogP contribution in [0.2, 0.25) is 0 Å². The fourth-order valence-corrected chi connectivity index (χ4v) is 2.25. The molecule has 7 nitrogen and oxygen atoms in total. The molecule has 0 spiro atoms. The van der Waals surface area contributed by atoms with Gasteiger partial charge in [0, 0.05) is 7.05 Å². The van der Waals surface area contributed by atoms with E-state index in [2.05, 4.69) is 4.72 Å². The minimum Gasteiger partial charge on any atom is -0.480 e. The highest BCUT2D eigenvalue weighted by Gasteiger charge is 2.30. The number of hydrogen-bond donors (Lipinski definition) is 2. The largest absolute Gasteiger partial charge is 0.480 e. The average Bonchev–Trinajstić information content (AvgIpc) is 2.22. The average molecular weight is 294 g/mol. The number of amides is 1. The van der Waals surface area contributed by atoms with Crippen molar-refractivity contribution >= 4 is 21.9 Å². The van der Waals surface area contributed by atoms with E-state index < -0.39 is 34.0 Å². The Labute approximate surface area is 114 Å². The van der Waals surface area contributed by atoms with Gasteiger partial charge in [0.1, 0.15) is 12.1 Å². The van der Waals surface area contributed by atoms with Crippen LogP contribution in [0.25, 0.3) is 0 Å². The smallest absolute Gasteiger partial charge is 0.326 e. The highest BCUT2D eigenvalue weighted by Crippen LogP contribution is 2.10. The zero-order valence-electron chi connectivity index (χ0n) is 11.9. The molecule has 0 saturated carbocycles. The Kier molecular flexibility index (Phi) is 6.44. The van der Waals surface area contributed by atoms with E-state index in [9.17, 15) is 18.0 Å². The summed E-state index contributed by atoms with van der Waals surface area (Å²) in [5, 5.41) is 8.86. The molecule has 2 unspecified atom stereocenters. The van der Waals surface area contributed by atoms with Gasteiger partial charge < -0.3 is 10.0 Å². The number of carbonyl (C=O) groups is 2. The van der Waals surface area contributed by atoms with Crippen LogP contribution in [0.5, 0.6) is 0 Å². The van der Waals surface area contributed by atoms with Gasteiger partial charge in [0.2, 0.25) is 15.9 Å². The van der Waals surface area contributed by atoms with Crippen LogP contribution in [0.4, 0.5) is 0 Å². The number of hydrogen-bond acceptors (Lipinski definition) is 4. The molecular weight excluding hydrogens is 272 g/mol. The van der Waals surface area contributed by atoms with Crippen molar-refractivity contribution in [2.45, 2.75) is 39.3 Å². The highest BCUT2D eigenvalue weighted by atomic mass is 32.2. The predicted molar refractivity (Wildman–Crippen MR) is 71.1 cm³/mol. The second kappa shape index (κ2) is 6.85. The Balaban J connectivity index is 5.05. The summed E-state index contributed by atoms with van der Waals surface area (Å²) in [4.78, 5) is 24.0. The Morgan fingerprint density at radius 1 is 1.26 bits per heavy atom. The van der Waals surface area contributed by atoms with Gasteiger partial charge in [0.25, 0.3) is 0 Å². The van der Waals surface area contributed by atoms with Gasteiger partial charge in [-0.25, -0.2) is 17.9 Å². The van der Waals surface area contributed by atoms with Gasteiger partial charge in [0.15, 0.2) is 0 Å². The van der Waals surface area contributed by atoms with Crippen molar-refractivity contribution < 1.29 is 23.1 Å². The number of rotatable bonds is 7. The second-order valence-electron chi connectivity index (χ2n) is 5.04. The predicted octanol–water partition coefficient (Wildman–Crippen LogP) is -0.118. The molecule has 0 bridgehead atoms. The van der Waals surface area contributed by atoms with Gasteiger partial charge in [-0.15, -0.1) is 0 Å². The summed E-state index contributed by atoms with van der Waals surface area (Å²) in [7, 11) is -2.19. The molecule has 0 rings (SSSR count). The number of nitrogens with zero attached hydrogens (tertiary/aromatic N) is 1. The third kappa shape index (κ3) is 6.53. The minimum atomic E-state index is -3.54. The Morgan fingerprint density at radius 2 is 1.74 bits per heavy atom. The highest BCUT2D eigenvalue weighted by molar-refractivity contribution is 7.88. The monoisotopic (exact) mass is 294 g/mol. The molecule has 19 heavy (non-hydrogen) atoms. The third-order valence-corrected chi connectivity index (χ3v) is 3.36. The van der Waals surface area contributed by atoms with Gasteiger partial charge in [-0.3, -0.25) is 4.79 Å². The van der Waals surface area contributed by atoms with Crippen molar-refractivity contribution in [2.24, 2.45) is 5.92 Å². The molecule has 2 atom stereocenters. The number of carboxylic acid groups (broad SMARTS) is 1. The lowest BCUT2D eigenvalue weighted by Gasteiger charge is -2.27. The van der Waals surface area contributed by atoms with E-state index in [4.69, 9.17) is 5.11 Å². The summed E-state index contributed by atoms with van der Waals surface area (Å²) in [6, 6.07) is -1.95. The number of carbonyl (C=O) groups excluding carboxylic acids is 1. The number of likely N-dealkylation sites (N-methyl/N-ethyl adjacent to an activating group) is 1. The van der Waals surface area contributed by atoms with Crippen LogP contribution in [0.1, 0.15) is 27.2 Å². The number of aliphatic carboxylic acids is 1. The third-order valence-electron chi connectivity index (χ3n) is 2.65. The van der Waals surface area contributed by atoms with E-state index in [-0.39, 0.29) is 5.92 Å². The first-order chi connectivity index (χ1) is 8.45. The molecule has 112 valence electrons. The van der Waals surface area contributed by atoms with Gasteiger partial charge in [-0.05, 0) is 19.3 Å². The van der Waals surface area contributed by atoms with Gasteiger partial charge in [0.05, 0.1) is 6.26 Å². The number of sulfonamides is 1. The molecule has 8 heteroatoms. The fourth-order valence-electron chi connectivity index (χ4n) is 1.53. The lowest BCUT2D eigenvalue weighted by molar-refractivity contribution is -0.149. The molecule has 0 aliphatic heterocycles. The standard InChI is InChI=1S/C11H22N2O5S/c1-7(2)6-9(12-19(5,17)18)10(14)13(4)8(3)11(15)16/h7-9,12H,6H2,1-5H3,(H,15,16). The van der Waals surface area contributed by atoms with E-state index in [0.29, 0.717) is 6.42 Å². The summed E-state index contributed by atoms with van der Waals surface area (Å²) in [6.45, 7) is 5.07. The number of carboxylic acids is 1. The summed E-state index contributed by atoms with van der Waals surface area (Å²) in [5.74, 6) is -1.59. The lowest BCUT2D eigenvalue weighted by Crippen LogP contribution is -2.51. The summed E-state index contributed by atoms with van der Waals surface area (Å²) < 4.78 is 24.8. The van der Waals surface area contributed by atoms with E-state index in [0.717, 1.165) is 11.2 Å². The summed E-state index contributed by atoms with van der Waals surface area (Å²) in [5.41, 5.74) is 0. The topological polar surface area (TPSA) is 104 Å². The maximum Gasteiger partial charge on any atom is 0.326 e. The number of nitrogens with one attached hydrogen (secondary N) is 1. The molecule has 0 radical (unpaired) electrons. The van der Waals surface area contributed by atoms with Crippen molar-refractivity contribution in [3.05, 3.63) is 0 Å². The molecule has 0 aromatic heterocycles. The molecule has 0 aliphatic rings. The molecule has 0 fully saturated rings. The zero-order valence-corrected chi connectivity index (χ0v) is 12.7. The van der Waals surface area contributed by atoms with E-state index in [1.807, 2.05) is 13.8 Å². The van der Waals surface area contributed by atoms with Gasteiger partial charge in [-0.1, -0.05) is 13.8 Å². The molecule has 0 aromatic rings. The van der Waals surface area contributed by atoms with Crippen molar-refractivity contribution in [1.29, 1.82) is 0 Å². The second-order valence-corrected chi connectivity index (χ2v) is 6.82. The van der Waals surface area contributed by atoms with Crippen LogP contribution >= 0.6 is 0 Å². The molecule has 0 heterocycles. The van der Waals surface area contributed by atoms with Crippen LogP contribution in [-0.2, 0) is 19.6 Å². The van der Waals surface area contributed by atoms with Crippen molar-refractivity contribution in [3.63, 3.8) is 0 Å². The Bertz CT molecular complexity index is 432. The quantitative estimate of drug-likeness (QED) is 0.681. The SMILES string of the molecule is CC(C)CC(NS(C)(=O)=O)C(=O)N(C)C(C)C(=O)O.